The summed E-state index contributed by atoms with van der Waals surface area (Å²) in [5.41, 5.74) is 3.25. The zero-order valence-electron chi connectivity index (χ0n) is 19.6. The minimum absolute atomic E-state index is 0.0177. The van der Waals surface area contributed by atoms with Crippen molar-refractivity contribution in [3.63, 3.8) is 0 Å². The van der Waals surface area contributed by atoms with E-state index in [2.05, 4.69) is 16.4 Å². The summed E-state index contributed by atoms with van der Waals surface area (Å²) >= 11 is 1.35. The van der Waals surface area contributed by atoms with Gasteiger partial charge in [-0.25, -0.2) is 4.79 Å². The van der Waals surface area contributed by atoms with E-state index in [-0.39, 0.29) is 24.9 Å². The van der Waals surface area contributed by atoms with Crippen LogP contribution in [0.4, 0.5) is 9.80 Å². The molecule has 35 heavy (non-hydrogen) atoms. The fraction of sp³-hybridized carbons (Fsp3) is 0.308. The third-order valence-electron chi connectivity index (χ3n) is 5.95. The van der Waals surface area contributed by atoms with Crippen LogP contribution < -0.4 is 10.1 Å². The van der Waals surface area contributed by atoms with E-state index in [4.69, 9.17) is 9.47 Å². The Balaban J connectivity index is 1.39. The lowest BCUT2D eigenvalue weighted by atomic mass is 9.97. The molecule has 0 bridgehead atoms. The molecule has 0 aliphatic carbocycles. The summed E-state index contributed by atoms with van der Waals surface area (Å²) in [5.74, 6) is 0.566. The number of carbonyl (C=O) groups is 2. The highest BCUT2D eigenvalue weighted by molar-refractivity contribution is 7.16. The van der Waals surface area contributed by atoms with Crippen molar-refractivity contribution in [1.82, 2.24) is 9.88 Å². The maximum Gasteiger partial charge on any atom is 0.410 e. The highest BCUT2D eigenvalue weighted by Gasteiger charge is 2.28. The van der Waals surface area contributed by atoms with Gasteiger partial charge >= 0.3 is 6.09 Å². The average Bonchev–Trinajstić information content (AvgIpc) is 3.23. The van der Waals surface area contributed by atoms with Gasteiger partial charge in [-0.15, -0.1) is 11.3 Å². The molecule has 0 fully saturated rings. The van der Waals surface area contributed by atoms with Gasteiger partial charge in [0.25, 0.3) is 0 Å². The Morgan fingerprint density at radius 2 is 2.09 bits per heavy atom. The highest BCUT2D eigenvalue weighted by Crippen LogP contribution is 2.37. The van der Waals surface area contributed by atoms with Crippen LogP contribution in [0.1, 0.15) is 46.4 Å². The lowest BCUT2D eigenvalue weighted by Gasteiger charge is -2.26. The van der Waals surface area contributed by atoms with Gasteiger partial charge in [-0.1, -0.05) is 19.1 Å². The summed E-state index contributed by atoms with van der Waals surface area (Å²) in [7, 11) is 1.61. The minimum atomic E-state index is -0.405. The number of methoxy groups -OCH3 is 1. The molecule has 180 valence electrons. The Morgan fingerprint density at radius 1 is 1.29 bits per heavy atom. The summed E-state index contributed by atoms with van der Waals surface area (Å²) in [6.45, 7) is 2.95. The number of anilines is 1. The summed E-state index contributed by atoms with van der Waals surface area (Å²) in [4.78, 5) is 31.8. The third-order valence-corrected chi connectivity index (χ3v) is 7.08. The largest absolute Gasteiger partial charge is 0.497 e. The fourth-order valence-electron chi connectivity index (χ4n) is 4.00. The van der Waals surface area contributed by atoms with Gasteiger partial charge < -0.3 is 19.7 Å². The maximum atomic E-state index is 12.8. The first-order valence-corrected chi connectivity index (χ1v) is 12.1. The predicted octanol–water partition coefficient (Wildman–Crippen LogP) is 4.85. The number of nitriles is 1. The van der Waals surface area contributed by atoms with E-state index in [0.29, 0.717) is 30.1 Å². The topological polar surface area (TPSA) is 105 Å². The molecule has 1 unspecified atom stereocenters. The number of rotatable bonds is 7. The molecule has 8 nitrogen and oxygen atoms in total. The molecule has 1 aliphatic heterocycles. The van der Waals surface area contributed by atoms with Gasteiger partial charge in [0.15, 0.2) is 0 Å². The number of aromatic nitrogens is 1. The van der Waals surface area contributed by atoms with E-state index in [0.717, 1.165) is 27.3 Å². The second-order valence-electron chi connectivity index (χ2n) is 8.33. The van der Waals surface area contributed by atoms with Crippen LogP contribution in [0.5, 0.6) is 5.75 Å². The predicted molar refractivity (Wildman–Crippen MR) is 132 cm³/mol. The molecule has 0 saturated heterocycles. The molecule has 0 spiro atoms. The van der Waals surface area contributed by atoms with E-state index in [1.54, 1.807) is 36.5 Å². The number of ether oxygens (including phenoxy) is 2. The normalized spacial score (nSPS) is 13.3. The van der Waals surface area contributed by atoms with Gasteiger partial charge in [0, 0.05) is 30.2 Å². The molecule has 1 aliphatic rings. The van der Waals surface area contributed by atoms with Crippen LogP contribution in [0.15, 0.2) is 48.8 Å². The summed E-state index contributed by atoms with van der Waals surface area (Å²) in [6, 6.07) is 13.5. The first-order valence-electron chi connectivity index (χ1n) is 11.3. The minimum Gasteiger partial charge on any atom is -0.497 e. The van der Waals surface area contributed by atoms with Crippen molar-refractivity contribution in [3.8, 4) is 11.8 Å². The highest BCUT2D eigenvalue weighted by atomic mass is 32.1. The van der Waals surface area contributed by atoms with Gasteiger partial charge in [-0.3, -0.25) is 9.78 Å². The molecule has 3 heterocycles. The number of hydrogen-bond acceptors (Lipinski definition) is 7. The second-order valence-corrected chi connectivity index (χ2v) is 9.44. The monoisotopic (exact) mass is 490 g/mol. The molecule has 3 aromatic rings. The van der Waals surface area contributed by atoms with E-state index >= 15 is 0 Å². The second kappa shape index (κ2) is 11.0. The standard InChI is InChI=1S/C26H26N4O4S/c1-17(19-4-3-5-20(13-19)33-2)12-24(31)29-25-22(14-27)21-8-11-30(15-23(21)35-25)26(32)34-16-18-6-9-28-10-7-18/h3-7,9-10,13,17H,8,11-12,15-16H2,1-2H3,(H,29,31). The number of benzene rings is 1. The molecule has 4 rings (SSSR count). The van der Waals surface area contributed by atoms with Crippen molar-refractivity contribution in [2.75, 3.05) is 19.0 Å². The number of nitrogens with one attached hydrogen (secondary N) is 1. The SMILES string of the molecule is COc1cccc(C(C)CC(=O)Nc2sc3c(c2C#N)CCN(C(=O)OCc2ccncc2)C3)c1. The lowest BCUT2D eigenvalue weighted by molar-refractivity contribution is -0.116. The van der Waals surface area contributed by atoms with Crippen LogP contribution in [0, 0.1) is 11.3 Å². The number of amides is 2. The fourth-order valence-corrected chi connectivity index (χ4v) is 5.23. The summed E-state index contributed by atoms with van der Waals surface area (Å²) in [5, 5.41) is 13.2. The van der Waals surface area contributed by atoms with Crippen LogP contribution in [-0.2, 0) is 29.1 Å². The van der Waals surface area contributed by atoms with Crippen molar-refractivity contribution in [3.05, 3.63) is 75.9 Å². The average molecular weight is 491 g/mol. The molecular formula is C26H26N4O4S. The number of fused-ring (bicyclic) bond motifs is 1. The first kappa shape index (κ1) is 24.2. The molecule has 1 atom stereocenters. The Hall–Kier alpha value is -3.90. The third kappa shape index (κ3) is 5.78. The van der Waals surface area contributed by atoms with Crippen LogP contribution >= 0.6 is 11.3 Å². The number of thiophene rings is 1. The Kier molecular flexibility index (Phi) is 7.63. The van der Waals surface area contributed by atoms with Crippen LogP contribution in [0.3, 0.4) is 0 Å². The number of nitrogens with zero attached hydrogens (tertiary/aromatic N) is 3. The van der Waals surface area contributed by atoms with Crippen molar-refractivity contribution in [2.24, 2.45) is 0 Å². The molecular weight excluding hydrogens is 464 g/mol. The van der Waals surface area contributed by atoms with Gasteiger partial charge in [-0.2, -0.15) is 5.26 Å². The zero-order chi connectivity index (χ0) is 24.8. The smallest absolute Gasteiger partial charge is 0.410 e. The summed E-state index contributed by atoms with van der Waals surface area (Å²) in [6.07, 6.45) is 3.71. The van der Waals surface area contributed by atoms with Gasteiger partial charge in [0.05, 0.1) is 19.2 Å². The Morgan fingerprint density at radius 3 is 2.83 bits per heavy atom. The Labute approximate surface area is 208 Å². The molecule has 0 saturated carbocycles. The van der Waals surface area contributed by atoms with E-state index in [9.17, 15) is 14.9 Å². The number of pyridine rings is 1. The van der Waals surface area contributed by atoms with Gasteiger partial charge in [0.1, 0.15) is 23.4 Å². The van der Waals surface area contributed by atoms with Crippen molar-refractivity contribution >= 4 is 28.3 Å². The molecule has 1 N–H and O–H groups in total. The Bertz CT molecular complexity index is 1250. The van der Waals surface area contributed by atoms with E-state index in [1.807, 2.05) is 31.2 Å². The van der Waals surface area contributed by atoms with E-state index < -0.39 is 6.09 Å². The lowest BCUT2D eigenvalue weighted by Crippen LogP contribution is -2.35. The van der Waals surface area contributed by atoms with Crippen LogP contribution in [-0.4, -0.2) is 35.5 Å². The molecule has 2 aromatic heterocycles. The van der Waals surface area contributed by atoms with Crippen molar-refractivity contribution in [2.45, 2.75) is 38.8 Å². The van der Waals surface area contributed by atoms with Crippen molar-refractivity contribution < 1.29 is 19.1 Å². The first-order chi connectivity index (χ1) is 17.0. The summed E-state index contributed by atoms with van der Waals surface area (Å²) < 4.78 is 10.7. The molecule has 0 radical (unpaired) electrons. The van der Waals surface area contributed by atoms with Crippen molar-refractivity contribution in [1.29, 1.82) is 5.26 Å². The van der Waals surface area contributed by atoms with Crippen LogP contribution in [0.2, 0.25) is 0 Å². The van der Waals surface area contributed by atoms with Gasteiger partial charge in [0.2, 0.25) is 5.91 Å². The van der Waals surface area contributed by atoms with E-state index in [1.165, 1.54) is 11.3 Å². The molecule has 2 amide bonds. The molecule has 9 heteroatoms. The zero-order valence-corrected chi connectivity index (χ0v) is 20.4. The molecule has 1 aromatic carbocycles. The number of carbonyl (C=O) groups excluding carboxylic acids is 2. The van der Waals surface area contributed by atoms with Gasteiger partial charge in [-0.05, 0) is 53.3 Å². The number of hydrogen-bond donors (Lipinski definition) is 1. The van der Waals surface area contributed by atoms with Crippen LogP contribution in [0.25, 0.3) is 0 Å². The maximum absolute atomic E-state index is 12.8. The quantitative estimate of drug-likeness (QED) is 0.508.